The van der Waals surface area contributed by atoms with Gasteiger partial charge in [0.2, 0.25) is 0 Å². The summed E-state index contributed by atoms with van der Waals surface area (Å²) in [5.41, 5.74) is 1.98. The number of nitrogens with one attached hydrogen (secondary N) is 1. The highest BCUT2D eigenvalue weighted by Crippen LogP contribution is 2.18. The highest BCUT2D eigenvalue weighted by molar-refractivity contribution is 6.06. The van der Waals surface area contributed by atoms with E-state index in [1.807, 2.05) is 30.3 Å². The van der Waals surface area contributed by atoms with Crippen molar-refractivity contribution in [3.8, 4) is 0 Å². The highest BCUT2D eigenvalue weighted by atomic mass is 19.1. The van der Waals surface area contributed by atoms with Gasteiger partial charge in [-0.25, -0.2) is 4.39 Å². The molecule has 27 heavy (non-hydrogen) atoms. The van der Waals surface area contributed by atoms with Crippen molar-refractivity contribution < 1.29 is 19.1 Å². The molecular formula is C21H21FN2O3. The minimum absolute atomic E-state index is 0.0711. The van der Waals surface area contributed by atoms with E-state index in [1.165, 1.54) is 22.6 Å². The summed E-state index contributed by atoms with van der Waals surface area (Å²) in [6.07, 6.45) is 1.56. The monoisotopic (exact) mass is 368 g/mol. The van der Waals surface area contributed by atoms with Gasteiger partial charge in [0.1, 0.15) is 5.82 Å². The quantitative estimate of drug-likeness (QED) is 0.790. The zero-order valence-electron chi connectivity index (χ0n) is 14.8. The molecule has 0 saturated heterocycles. The van der Waals surface area contributed by atoms with E-state index in [9.17, 15) is 19.1 Å². The van der Waals surface area contributed by atoms with E-state index in [-0.39, 0.29) is 24.5 Å². The summed E-state index contributed by atoms with van der Waals surface area (Å²) in [5.74, 6) is -1.85. The topological polar surface area (TPSA) is 69.6 Å². The first-order valence-electron chi connectivity index (χ1n) is 8.82. The van der Waals surface area contributed by atoms with Crippen molar-refractivity contribution in [2.24, 2.45) is 0 Å². The Bertz CT molecular complexity index is 847. The zero-order chi connectivity index (χ0) is 19.2. The van der Waals surface area contributed by atoms with Crippen LogP contribution in [0, 0.1) is 5.82 Å². The number of benzene rings is 2. The average molecular weight is 368 g/mol. The molecule has 0 atom stereocenters. The molecule has 1 aliphatic heterocycles. The lowest BCUT2D eigenvalue weighted by atomic mass is 10.1. The number of nitrogens with zero attached hydrogens (tertiary/aromatic N) is 1. The minimum Gasteiger partial charge on any atom is -0.503 e. The van der Waals surface area contributed by atoms with Crippen LogP contribution in [0.2, 0.25) is 0 Å². The fraction of sp³-hybridized carbons (Fsp3) is 0.238. The molecule has 2 aromatic carbocycles. The molecule has 0 saturated carbocycles. The molecule has 2 N–H and O–H groups in total. The fourth-order valence-corrected chi connectivity index (χ4v) is 2.99. The summed E-state index contributed by atoms with van der Waals surface area (Å²) in [6, 6.07) is 15.7. The van der Waals surface area contributed by atoms with Crippen molar-refractivity contribution in [3.05, 3.63) is 82.9 Å². The van der Waals surface area contributed by atoms with Crippen LogP contribution in [0.5, 0.6) is 0 Å². The van der Waals surface area contributed by atoms with Crippen LogP contribution in [0.4, 0.5) is 4.39 Å². The number of hydrogen-bond acceptors (Lipinski definition) is 3. The molecule has 0 radical (unpaired) electrons. The normalized spacial score (nSPS) is 14.0. The Morgan fingerprint density at radius 1 is 1.07 bits per heavy atom. The third kappa shape index (κ3) is 4.73. The van der Waals surface area contributed by atoms with Crippen LogP contribution in [0.3, 0.4) is 0 Å². The summed E-state index contributed by atoms with van der Waals surface area (Å²) < 4.78 is 12.9. The Hall–Kier alpha value is -3.15. The summed E-state index contributed by atoms with van der Waals surface area (Å²) in [5, 5.41) is 12.7. The molecule has 1 heterocycles. The molecule has 140 valence electrons. The lowest BCUT2D eigenvalue weighted by Gasteiger charge is -2.16. The van der Waals surface area contributed by atoms with Gasteiger partial charge in [-0.3, -0.25) is 9.59 Å². The van der Waals surface area contributed by atoms with Crippen LogP contribution in [0.15, 0.2) is 65.9 Å². The lowest BCUT2D eigenvalue weighted by Crippen LogP contribution is -2.31. The van der Waals surface area contributed by atoms with Gasteiger partial charge in [-0.05, 0) is 36.1 Å². The van der Waals surface area contributed by atoms with Gasteiger partial charge in [-0.2, -0.15) is 0 Å². The largest absolute Gasteiger partial charge is 0.503 e. The van der Waals surface area contributed by atoms with Crippen LogP contribution in [-0.4, -0.2) is 34.9 Å². The zero-order valence-corrected chi connectivity index (χ0v) is 14.8. The van der Waals surface area contributed by atoms with Gasteiger partial charge in [-0.1, -0.05) is 42.5 Å². The molecule has 2 aromatic rings. The number of rotatable bonds is 7. The molecule has 0 aliphatic carbocycles. The van der Waals surface area contributed by atoms with Crippen LogP contribution in [-0.2, 0) is 22.6 Å². The Morgan fingerprint density at radius 2 is 1.78 bits per heavy atom. The molecular weight excluding hydrogens is 347 g/mol. The number of aryl methyl sites for hydroxylation is 1. The first kappa shape index (κ1) is 18.6. The maximum absolute atomic E-state index is 12.9. The summed E-state index contributed by atoms with van der Waals surface area (Å²) in [6.45, 7) is 0.749. The maximum atomic E-state index is 12.9. The van der Waals surface area contributed by atoms with E-state index in [2.05, 4.69) is 5.32 Å². The van der Waals surface area contributed by atoms with Crippen molar-refractivity contribution in [3.63, 3.8) is 0 Å². The predicted molar refractivity (Wildman–Crippen MR) is 99.2 cm³/mol. The molecule has 2 amide bonds. The first-order valence-corrected chi connectivity index (χ1v) is 8.82. The van der Waals surface area contributed by atoms with E-state index < -0.39 is 17.6 Å². The first-order chi connectivity index (χ1) is 13.0. The predicted octanol–water partition coefficient (Wildman–Crippen LogP) is 2.73. The third-order valence-electron chi connectivity index (χ3n) is 4.50. The van der Waals surface area contributed by atoms with Crippen LogP contribution >= 0.6 is 0 Å². The number of hydrogen-bond donors (Lipinski definition) is 2. The maximum Gasteiger partial charge on any atom is 0.289 e. The van der Waals surface area contributed by atoms with Gasteiger partial charge < -0.3 is 15.3 Å². The Labute approximate surface area is 157 Å². The van der Waals surface area contributed by atoms with Crippen molar-refractivity contribution in [2.45, 2.75) is 19.4 Å². The Kier molecular flexibility index (Phi) is 5.86. The molecule has 0 unspecified atom stereocenters. The fourth-order valence-electron chi connectivity index (χ4n) is 2.99. The molecule has 5 nitrogen and oxygen atoms in total. The second kappa shape index (κ2) is 8.49. The Balaban J connectivity index is 1.51. The van der Waals surface area contributed by atoms with Crippen LogP contribution in [0.25, 0.3) is 0 Å². The van der Waals surface area contributed by atoms with Gasteiger partial charge >= 0.3 is 0 Å². The van der Waals surface area contributed by atoms with Gasteiger partial charge in [0, 0.05) is 13.1 Å². The van der Waals surface area contributed by atoms with Gasteiger partial charge in [-0.15, -0.1) is 0 Å². The van der Waals surface area contributed by atoms with Crippen LogP contribution in [0.1, 0.15) is 17.5 Å². The molecule has 3 rings (SSSR count). The molecule has 0 fully saturated rings. The van der Waals surface area contributed by atoms with E-state index in [0.717, 1.165) is 18.4 Å². The molecule has 1 aliphatic rings. The Morgan fingerprint density at radius 3 is 2.48 bits per heavy atom. The van der Waals surface area contributed by atoms with Gasteiger partial charge in [0.05, 0.1) is 12.1 Å². The second-order valence-electron chi connectivity index (χ2n) is 6.45. The number of amides is 2. The standard InChI is InChI=1S/C21H21FN2O3/c22-17-10-8-16(9-11-17)13-23-20(26)18-14-24(21(27)19(18)25)12-4-7-15-5-2-1-3-6-15/h1-3,5-6,8-11,25H,4,7,12-14H2,(H,23,26). The van der Waals surface area contributed by atoms with Crippen LogP contribution < -0.4 is 5.32 Å². The SMILES string of the molecule is O=C(NCc1ccc(F)cc1)C1=C(O)C(=O)N(CCCc2ccccc2)C1. The molecule has 0 aromatic heterocycles. The summed E-state index contributed by atoms with van der Waals surface area (Å²) in [7, 11) is 0. The summed E-state index contributed by atoms with van der Waals surface area (Å²) >= 11 is 0. The summed E-state index contributed by atoms with van der Waals surface area (Å²) in [4.78, 5) is 25.9. The van der Waals surface area contributed by atoms with Crippen molar-refractivity contribution >= 4 is 11.8 Å². The van der Waals surface area contributed by atoms with Gasteiger partial charge in [0.15, 0.2) is 5.76 Å². The number of halogens is 1. The molecule has 6 heteroatoms. The number of aliphatic hydroxyl groups is 1. The average Bonchev–Trinajstić information content (AvgIpc) is 2.97. The molecule has 0 spiro atoms. The number of aliphatic hydroxyl groups excluding tert-OH is 1. The smallest absolute Gasteiger partial charge is 0.289 e. The van der Waals surface area contributed by atoms with E-state index in [4.69, 9.17) is 0 Å². The van der Waals surface area contributed by atoms with Gasteiger partial charge in [0.25, 0.3) is 11.8 Å². The highest BCUT2D eigenvalue weighted by Gasteiger charge is 2.33. The van der Waals surface area contributed by atoms with E-state index in [0.29, 0.717) is 6.54 Å². The lowest BCUT2D eigenvalue weighted by molar-refractivity contribution is -0.127. The van der Waals surface area contributed by atoms with E-state index >= 15 is 0 Å². The van der Waals surface area contributed by atoms with Crippen molar-refractivity contribution in [2.75, 3.05) is 13.1 Å². The second-order valence-corrected chi connectivity index (χ2v) is 6.45. The molecule has 0 bridgehead atoms. The van der Waals surface area contributed by atoms with Crippen molar-refractivity contribution in [1.29, 1.82) is 0 Å². The van der Waals surface area contributed by atoms with Crippen molar-refractivity contribution in [1.82, 2.24) is 10.2 Å². The number of carbonyl (C=O) groups excluding carboxylic acids is 2. The minimum atomic E-state index is -0.519. The third-order valence-corrected chi connectivity index (χ3v) is 4.50. The van der Waals surface area contributed by atoms with E-state index in [1.54, 1.807) is 12.1 Å². The number of carbonyl (C=O) groups is 2.